The fourth-order valence-electron chi connectivity index (χ4n) is 3.77. The minimum atomic E-state index is 0.759. The number of fused-ring (bicyclic) bond motifs is 1. The van der Waals surface area contributed by atoms with Crippen molar-refractivity contribution in [3.05, 3.63) is 77.9 Å². The Morgan fingerprint density at radius 2 is 1.67 bits per heavy atom. The van der Waals surface area contributed by atoms with Crippen LogP contribution in [0.25, 0.3) is 28.1 Å². The summed E-state index contributed by atoms with van der Waals surface area (Å²) in [5.41, 5.74) is 6.85. The molecule has 0 atom stereocenters. The average molecular weight is 399 g/mol. The van der Waals surface area contributed by atoms with Gasteiger partial charge < -0.3 is 4.74 Å². The van der Waals surface area contributed by atoms with Crippen molar-refractivity contribution in [3.63, 3.8) is 0 Å². The SMILES string of the molecule is CCCCCCOc1ccc2nc(-c3ccccc3)n(-c3ccc(C)c(C)c3)c2c1. The van der Waals surface area contributed by atoms with Gasteiger partial charge in [-0.1, -0.05) is 62.6 Å². The molecular formula is C27H30N2O. The zero-order chi connectivity index (χ0) is 20.9. The molecule has 0 saturated heterocycles. The highest BCUT2D eigenvalue weighted by Gasteiger charge is 2.15. The Bertz CT molecular complexity index is 1130. The summed E-state index contributed by atoms with van der Waals surface area (Å²) in [5, 5.41) is 0. The third-order valence-corrected chi connectivity index (χ3v) is 5.67. The highest BCUT2D eigenvalue weighted by Crippen LogP contribution is 2.31. The van der Waals surface area contributed by atoms with E-state index in [1.807, 2.05) is 12.1 Å². The molecule has 154 valence electrons. The van der Waals surface area contributed by atoms with Gasteiger partial charge in [-0.05, 0) is 55.7 Å². The monoisotopic (exact) mass is 398 g/mol. The summed E-state index contributed by atoms with van der Waals surface area (Å²) in [6, 6.07) is 23.2. The van der Waals surface area contributed by atoms with Gasteiger partial charge in [0, 0.05) is 17.3 Å². The molecule has 0 aliphatic carbocycles. The van der Waals surface area contributed by atoms with E-state index in [4.69, 9.17) is 9.72 Å². The van der Waals surface area contributed by atoms with E-state index in [0.717, 1.165) is 46.9 Å². The Morgan fingerprint density at radius 1 is 0.833 bits per heavy atom. The highest BCUT2D eigenvalue weighted by molar-refractivity contribution is 5.84. The summed E-state index contributed by atoms with van der Waals surface area (Å²) in [7, 11) is 0. The molecule has 4 aromatic rings. The van der Waals surface area contributed by atoms with Crippen LogP contribution in [-0.2, 0) is 0 Å². The number of ether oxygens (including phenoxy) is 1. The molecule has 3 heteroatoms. The zero-order valence-corrected chi connectivity index (χ0v) is 18.2. The first-order valence-electron chi connectivity index (χ1n) is 11.0. The fraction of sp³-hybridized carbons (Fsp3) is 0.296. The first-order valence-corrected chi connectivity index (χ1v) is 11.0. The van der Waals surface area contributed by atoms with Gasteiger partial charge in [0.25, 0.3) is 0 Å². The zero-order valence-electron chi connectivity index (χ0n) is 18.2. The summed E-state index contributed by atoms with van der Waals surface area (Å²) in [4.78, 5) is 4.98. The lowest BCUT2D eigenvalue weighted by Gasteiger charge is -2.12. The molecule has 4 rings (SSSR count). The quantitative estimate of drug-likeness (QED) is 0.292. The molecule has 0 aliphatic heterocycles. The maximum absolute atomic E-state index is 6.07. The number of unbranched alkanes of at least 4 members (excludes halogenated alkanes) is 3. The Labute approximate surface area is 179 Å². The molecule has 0 radical (unpaired) electrons. The molecule has 1 heterocycles. The van der Waals surface area contributed by atoms with Crippen molar-refractivity contribution < 1.29 is 4.74 Å². The molecule has 0 N–H and O–H groups in total. The summed E-state index contributed by atoms with van der Waals surface area (Å²) in [6.45, 7) is 7.29. The molecule has 0 unspecified atom stereocenters. The average Bonchev–Trinajstić information content (AvgIpc) is 3.15. The van der Waals surface area contributed by atoms with Crippen molar-refractivity contribution in [2.45, 2.75) is 46.5 Å². The first-order chi connectivity index (χ1) is 14.7. The van der Waals surface area contributed by atoms with Crippen LogP contribution in [0.15, 0.2) is 66.7 Å². The van der Waals surface area contributed by atoms with Gasteiger partial charge in [-0.25, -0.2) is 4.98 Å². The maximum Gasteiger partial charge on any atom is 0.145 e. The van der Waals surface area contributed by atoms with E-state index in [1.165, 1.54) is 30.4 Å². The predicted molar refractivity (Wildman–Crippen MR) is 126 cm³/mol. The minimum Gasteiger partial charge on any atom is -0.494 e. The van der Waals surface area contributed by atoms with E-state index in [2.05, 4.69) is 79.9 Å². The Hall–Kier alpha value is -3.07. The number of aromatic nitrogens is 2. The van der Waals surface area contributed by atoms with Crippen molar-refractivity contribution >= 4 is 11.0 Å². The second kappa shape index (κ2) is 9.17. The normalized spacial score (nSPS) is 11.2. The van der Waals surface area contributed by atoms with Crippen LogP contribution in [0.3, 0.4) is 0 Å². The van der Waals surface area contributed by atoms with Gasteiger partial charge >= 0.3 is 0 Å². The molecule has 1 aromatic heterocycles. The van der Waals surface area contributed by atoms with Crippen molar-refractivity contribution in [1.82, 2.24) is 9.55 Å². The predicted octanol–water partition coefficient (Wildman–Crippen LogP) is 7.27. The number of rotatable bonds is 8. The second-order valence-electron chi connectivity index (χ2n) is 7.97. The van der Waals surface area contributed by atoms with Crippen LogP contribution in [0.2, 0.25) is 0 Å². The first kappa shape index (κ1) is 20.2. The maximum atomic E-state index is 6.07. The standard InChI is InChI=1S/C27H30N2O/c1-4-5-6-10-17-30-24-15-16-25-26(19-24)29(23-14-13-20(2)21(3)18-23)27(28-25)22-11-8-7-9-12-22/h7-9,11-16,18-19H,4-6,10,17H2,1-3H3. The molecule has 0 bridgehead atoms. The minimum absolute atomic E-state index is 0.759. The highest BCUT2D eigenvalue weighted by atomic mass is 16.5. The number of benzene rings is 3. The molecule has 0 amide bonds. The van der Waals surface area contributed by atoms with Gasteiger partial charge in [-0.2, -0.15) is 0 Å². The summed E-state index contributed by atoms with van der Waals surface area (Å²) >= 11 is 0. The largest absolute Gasteiger partial charge is 0.494 e. The molecule has 0 aliphatic rings. The van der Waals surface area contributed by atoms with E-state index in [0.29, 0.717) is 0 Å². The van der Waals surface area contributed by atoms with Gasteiger partial charge in [-0.15, -0.1) is 0 Å². The fourth-order valence-corrected chi connectivity index (χ4v) is 3.77. The number of aryl methyl sites for hydroxylation is 2. The van der Waals surface area contributed by atoms with Crippen LogP contribution in [0.1, 0.15) is 43.7 Å². The number of hydrogen-bond acceptors (Lipinski definition) is 2. The van der Waals surface area contributed by atoms with E-state index in [1.54, 1.807) is 0 Å². The third kappa shape index (κ3) is 4.25. The Balaban J connectivity index is 1.78. The molecular weight excluding hydrogens is 368 g/mol. The molecule has 0 spiro atoms. The molecule has 3 nitrogen and oxygen atoms in total. The van der Waals surface area contributed by atoms with Gasteiger partial charge in [0.15, 0.2) is 0 Å². The molecule has 30 heavy (non-hydrogen) atoms. The third-order valence-electron chi connectivity index (χ3n) is 5.67. The van der Waals surface area contributed by atoms with Crippen molar-refractivity contribution in [1.29, 1.82) is 0 Å². The Kier molecular flexibility index (Phi) is 6.18. The lowest BCUT2D eigenvalue weighted by molar-refractivity contribution is 0.305. The van der Waals surface area contributed by atoms with Crippen LogP contribution in [0.5, 0.6) is 5.75 Å². The van der Waals surface area contributed by atoms with E-state index >= 15 is 0 Å². The van der Waals surface area contributed by atoms with Crippen LogP contribution in [-0.4, -0.2) is 16.2 Å². The van der Waals surface area contributed by atoms with Gasteiger partial charge in [0.1, 0.15) is 11.6 Å². The van der Waals surface area contributed by atoms with Gasteiger partial charge in [0.05, 0.1) is 17.6 Å². The molecule has 0 fully saturated rings. The summed E-state index contributed by atoms with van der Waals surface area (Å²) < 4.78 is 8.32. The van der Waals surface area contributed by atoms with Gasteiger partial charge in [-0.3, -0.25) is 4.57 Å². The Morgan fingerprint density at radius 3 is 2.43 bits per heavy atom. The number of nitrogens with zero attached hydrogens (tertiary/aromatic N) is 2. The van der Waals surface area contributed by atoms with E-state index in [-0.39, 0.29) is 0 Å². The topological polar surface area (TPSA) is 27.1 Å². The number of imidazole rings is 1. The van der Waals surface area contributed by atoms with Crippen LogP contribution < -0.4 is 4.74 Å². The van der Waals surface area contributed by atoms with Crippen molar-refractivity contribution in [2.24, 2.45) is 0 Å². The van der Waals surface area contributed by atoms with Gasteiger partial charge in [0.2, 0.25) is 0 Å². The summed E-state index contributed by atoms with van der Waals surface area (Å²) in [5.74, 6) is 1.86. The smallest absolute Gasteiger partial charge is 0.145 e. The lowest BCUT2D eigenvalue weighted by atomic mass is 10.1. The van der Waals surface area contributed by atoms with Crippen LogP contribution in [0, 0.1) is 13.8 Å². The number of hydrogen-bond donors (Lipinski definition) is 0. The second-order valence-corrected chi connectivity index (χ2v) is 7.97. The lowest BCUT2D eigenvalue weighted by Crippen LogP contribution is -2.00. The molecule has 3 aromatic carbocycles. The molecule has 0 saturated carbocycles. The van der Waals surface area contributed by atoms with Crippen LogP contribution in [0.4, 0.5) is 0 Å². The summed E-state index contributed by atoms with van der Waals surface area (Å²) in [6.07, 6.45) is 4.82. The van der Waals surface area contributed by atoms with E-state index in [9.17, 15) is 0 Å². The van der Waals surface area contributed by atoms with Crippen molar-refractivity contribution in [3.8, 4) is 22.8 Å². The van der Waals surface area contributed by atoms with Crippen LogP contribution >= 0.6 is 0 Å². The van der Waals surface area contributed by atoms with Crippen molar-refractivity contribution in [2.75, 3.05) is 6.61 Å². The van der Waals surface area contributed by atoms with E-state index < -0.39 is 0 Å².